The monoisotopic (exact) mass is 237 g/mol. The summed E-state index contributed by atoms with van der Waals surface area (Å²) in [6.45, 7) is 2.68. The molecule has 0 saturated carbocycles. The van der Waals surface area contributed by atoms with Crippen LogP contribution < -0.4 is 4.74 Å². The third-order valence-corrected chi connectivity index (χ3v) is 3.00. The summed E-state index contributed by atoms with van der Waals surface area (Å²) in [6.07, 6.45) is 0. The zero-order valence-electron chi connectivity index (χ0n) is 10.3. The Labute approximate surface area is 106 Å². The van der Waals surface area contributed by atoms with E-state index in [1.165, 1.54) is 10.9 Å². The lowest BCUT2D eigenvalue weighted by molar-refractivity contribution is 0.344. The van der Waals surface area contributed by atoms with Gasteiger partial charge in [-0.15, -0.1) is 0 Å². The Bertz CT molecular complexity index is 655. The topological polar surface area (TPSA) is 25.0 Å². The first kappa shape index (κ1) is 10.9. The summed E-state index contributed by atoms with van der Waals surface area (Å²) in [6, 6.07) is 18.6. The van der Waals surface area contributed by atoms with Crippen LogP contribution in [0.15, 0.2) is 54.6 Å². The average molecular weight is 237 g/mol. The minimum Gasteiger partial charge on any atom is -0.492 e. The molecule has 0 atom stereocenters. The molecule has 2 nitrogen and oxygen atoms in total. The Kier molecular flexibility index (Phi) is 2.77. The first-order valence-corrected chi connectivity index (χ1v) is 6.18. The number of para-hydroxylation sites is 1. The highest BCUT2D eigenvalue weighted by molar-refractivity contribution is 5.90. The number of aromatic nitrogens is 1. The molecule has 0 aliphatic carbocycles. The number of hydrogen-bond donors (Lipinski definition) is 1. The molecule has 1 N–H and O–H groups in total. The molecule has 0 bridgehead atoms. The minimum atomic E-state index is 0.679. The Morgan fingerprint density at radius 2 is 1.83 bits per heavy atom. The van der Waals surface area contributed by atoms with Crippen molar-refractivity contribution in [2.75, 3.05) is 6.61 Å². The number of ether oxygens (including phenoxy) is 1. The van der Waals surface area contributed by atoms with Gasteiger partial charge in [0, 0.05) is 11.1 Å². The van der Waals surface area contributed by atoms with E-state index in [0.29, 0.717) is 6.61 Å². The molecule has 0 saturated heterocycles. The Balaban J connectivity index is 2.14. The van der Waals surface area contributed by atoms with Crippen LogP contribution in [0.25, 0.3) is 22.2 Å². The number of hydrogen-bond acceptors (Lipinski definition) is 1. The molecule has 3 rings (SSSR count). The van der Waals surface area contributed by atoms with Gasteiger partial charge in [-0.3, -0.25) is 0 Å². The van der Waals surface area contributed by atoms with Crippen molar-refractivity contribution in [2.24, 2.45) is 0 Å². The molecule has 3 aromatic rings. The second-order valence-corrected chi connectivity index (χ2v) is 4.20. The van der Waals surface area contributed by atoms with Gasteiger partial charge in [0.15, 0.2) is 0 Å². The molecule has 0 aliphatic heterocycles. The highest BCUT2D eigenvalue weighted by Gasteiger charge is 2.06. The SMILES string of the molecule is CCOc1cccc2cc(-c3ccccc3)[nH]c12. The van der Waals surface area contributed by atoms with E-state index < -0.39 is 0 Å². The highest BCUT2D eigenvalue weighted by Crippen LogP contribution is 2.29. The molecule has 18 heavy (non-hydrogen) atoms. The third-order valence-electron chi connectivity index (χ3n) is 3.00. The summed E-state index contributed by atoms with van der Waals surface area (Å²) in [4.78, 5) is 3.44. The van der Waals surface area contributed by atoms with Gasteiger partial charge in [-0.1, -0.05) is 42.5 Å². The van der Waals surface area contributed by atoms with E-state index in [9.17, 15) is 0 Å². The van der Waals surface area contributed by atoms with Crippen molar-refractivity contribution in [3.8, 4) is 17.0 Å². The van der Waals surface area contributed by atoms with Crippen molar-refractivity contribution in [1.82, 2.24) is 4.98 Å². The maximum absolute atomic E-state index is 5.64. The van der Waals surface area contributed by atoms with Crippen molar-refractivity contribution < 1.29 is 4.74 Å². The quantitative estimate of drug-likeness (QED) is 0.724. The fourth-order valence-electron chi connectivity index (χ4n) is 2.18. The van der Waals surface area contributed by atoms with Gasteiger partial charge in [0.05, 0.1) is 12.1 Å². The number of nitrogens with one attached hydrogen (secondary N) is 1. The van der Waals surface area contributed by atoms with E-state index in [-0.39, 0.29) is 0 Å². The van der Waals surface area contributed by atoms with E-state index in [1.54, 1.807) is 0 Å². The van der Waals surface area contributed by atoms with Crippen LogP contribution >= 0.6 is 0 Å². The van der Waals surface area contributed by atoms with Crippen LogP contribution in [0.2, 0.25) is 0 Å². The van der Waals surface area contributed by atoms with Crippen molar-refractivity contribution in [3.63, 3.8) is 0 Å². The molecule has 0 spiro atoms. The first-order valence-electron chi connectivity index (χ1n) is 6.18. The van der Waals surface area contributed by atoms with Gasteiger partial charge in [-0.05, 0) is 24.6 Å². The van der Waals surface area contributed by atoms with Crippen molar-refractivity contribution in [2.45, 2.75) is 6.92 Å². The predicted molar refractivity (Wildman–Crippen MR) is 74.9 cm³/mol. The fourth-order valence-corrected chi connectivity index (χ4v) is 2.18. The minimum absolute atomic E-state index is 0.679. The molecule has 90 valence electrons. The van der Waals surface area contributed by atoms with Gasteiger partial charge < -0.3 is 9.72 Å². The summed E-state index contributed by atoms with van der Waals surface area (Å²) in [5.41, 5.74) is 3.38. The largest absolute Gasteiger partial charge is 0.492 e. The lowest BCUT2D eigenvalue weighted by atomic mass is 10.1. The van der Waals surface area contributed by atoms with Crippen molar-refractivity contribution in [3.05, 3.63) is 54.6 Å². The summed E-state index contributed by atoms with van der Waals surface area (Å²) < 4.78 is 5.64. The van der Waals surface area contributed by atoms with Crippen LogP contribution in [0.4, 0.5) is 0 Å². The van der Waals surface area contributed by atoms with E-state index in [2.05, 4.69) is 29.2 Å². The number of benzene rings is 2. The maximum atomic E-state index is 5.64. The van der Waals surface area contributed by atoms with E-state index in [4.69, 9.17) is 4.74 Å². The molecular formula is C16H15NO. The molecule has 2 heteroatoms. The summed E-state index contributed by atoms with van der Waals surface area (Å²) in [5.74, 6) is 0.914. The van der Waals surface area contributed by atoms with Crippen LogP contribution in [0.5, 0.6) is 5.75 Å². The molecule has 0 amide bonds. The molecule has 1 heterocycles. The lowest BCUT2D eigenvalue weighted by Crippen LogP contribution is -1.91. The van der Waals surface area contributed by atoms with Crippen LogP contribution in [0.1, 0.15) is 6.92 Å². The summed E-state index contributed by atoms with van der Waals surface area (Å²) in [7, 11) is 0. The van der Waals surface area contributed by atoms with Crippen LogP contribution in [-0.2, 0) is 0 Å². The van der Waals surface area contributed by atoms with Gasteiger partial charge >= 0.3 is 0 Å². The number of fused-ring (bicyclic) bond motifs is 1. The second kappa shape index (κ2) is 4.57. The molecule has 0 fully saturated rings. The van der Waals surface area contributed by atoms with Crippen molar-refractivity contribution >= 4 is 10.9 Å². The fraction of sp³-hybridized carbons (Fsp3) is 0.125. The molecular weight excluding hydrogens is 222 g/mol. The van der Waals surface area contributed by atoms with Gasteiger partial charge in [-0.2, -0.15) is 0 Å². The second-order valence-electron chi connectivity index (χ2n) is 4.20. The van der Waals surface area contributed by atoms with Gasteiger partial charge in [0.2, 0.25) is 0 Å². The van der Waals surface area contributed by atoms with Crippen molar-refractivity contribution in [1.29, 1.82) is 0 Å². The third kappa shape index (κ3) is 1.86. The molecule has 0 radical (unpaired) electrons. The van der Waals surface area contributed by atoms with Crippen LogP contribution in [0, 0.1) is 0 Å². The first-order chi connectivity index (χ1) is 8.88. The van der Waals surface area contributed by atoms with E-state index in [0.717, 1.165) is 17.0 Å². The lowest BCUT2D eigenvalue weighted by Gasteiger charge is -2.03. The normalized spacial score (nSPS) is 10.7. The standard InChI is InChI=1S/C16H15NO/c1-2-18-15-10-6-9-13-11-14(17-16(13)15)12-7-4-3-5-8-12/h3-11,17H,2H2,1H3. The summed E-state index contributed by atoms with van der Waals surface area (Å²) in [5, 5.41) is 1.18. The van der Waals surface area contributed by atoms with Gasteiger partial charge in [0.25, 0.3) is 0 Å². The molecule has 0 unspecified atom stereocenters. The molecule has 1 aromatic heterocycles. The summed E-state index contributed by atoms with van der Waals surface area (Å²) >= 11 is 0. The predicted octanol–water partition coefficient (Wildman–Crippen LogP) is 4.23. The molecule has 2 aromatic carbocycles. The van der Waals surface area contributed by atoms with Gasteiger partial charge in [-0.25, -0.2) is 0 Å². The highest BCUT2D eigenvalue weighted by atomic mass is 16.5. The molecule has 0 aliphatic rings. The van der Waals surface area contributed by atoms with Gasteiger partial charge in [0.1, 0.15) is 5.75 Å². The number of aromatic amines is 1. The number of H-pyrrole nitrogens is 1. The zero-order chi connectivity index (χ0) is 12.4. The zero-order valence-corrected chi connectivity index (χ0v) is 10.3. The number of rotatable bonds is 3. The Morgan fingerprint density at radius 3 is 2.61 bits per heavy atom. The smallest absolute Gasteiger partial charge is 0.143 e. The van der Waals surface area contributed by atoms with E-state index >= 15 is 0 Å². The maximum Gasteiger partial charge on any atom is 0.143 e. The Hall–Kier alpha value is -2.22. The Morgan fingerprint density at radius 1 is 1.00 bits per heavy atom. The average Bonchev–Trinajstić information content (AvgIpc) is 2.85. The van der Waals surface area contributed by atoms with Crippen LogP contribution in [-0.4, -0.2) is 11.6 Å². The van der Waals surface area contributed by atoms with E-state index in [1.807, 2.05) is 37.3 Å². The van der Waals surface area contributed by atoms with Crippen LogP contribution in [0.3, 0.4) is 0 Å².